The zero-order chi connectivity index (χ0) is 15.2. The third-order valence-electron chi connectivity index (χ3n) is 2.95. The third kappa shape index (κ3) is 4.48. The highest BCUT2D eigenvalue weighted by atomic mass is 79.9. The summed E-state index contributed by atoms with van der Waals surface area (Å²) in [5.41, 5.74) is 0.754. The van der Waals surface area contributed by atoms with Gasteiger partial charge in [0.25, 0.3) is 0 Å². The summed E-state index contributed by atoms with van der Waals surface area (Å²) in [5.74, 6) is 2.18. The van der Waals surface area contributed by atoms with E-state index in [0.29, 0.717) is 18.1 Å². The fourth-order valence-corrected chi connectivity index (χ4v) is 2.23. The molecule has 2 aromatic rings. The van der Waals surface area contributed by atoms with Gasteiger partial charge in [-0.05, 0) is 49.7 Å². The van der Waals surface area contributed by atoms with Gasteiger partial charge in [0.15, 0.2) is 0 Å². The lowest BCUT2D eigenvalue weighted by Crippen LogP contribution is -1.97. The van der Waals surface area contributed by atoms with Crippen LogP contribution in [-0.2, 0) is 0 Å². The molecule has 1 atom stereocenters. The van der Waals surface area contributed by atoms with Gasteiger partial charge in [0.1, 0.15) is 17.2 Å². The largest absolute Gasteiger partial charge is 0.494 e. The second-order valence-corrected chi connectivity index (χ2v) is 5.70. The monoisotopic (exact) mass is 350 g/mol. The molecule has 112 valence electrons. The molecule has 21 heavy (non-hydrogen) atoms. The standard InChI is InChI=1S/C17H19BrO3/c1-3-10-20-14-5-7-15(8-6-14)21-17-11-13(18)4-9-16(17)12(2)19/h4-9,11-12,19H,3,10H2,1-2H3. The summed E-state index contributed by atoms with van der Waals surface area (Å²) in [6.45, 7) is 4.50. The number of ether oxygens (including phenoxy) is 2. The van der Waals surface area contributed by atoms with E-state index in [4.69, 9.17) is 9.47 Å². The number of aliphatic hydroxyl groups is 1. The van der Waals surface area contributed by atoms with Crippen molar-refractivity contribution in [3.05, 3.63) is 52.5 Å². The molecule has 1 N–H and O–H groups in total. The Kier molecular flexibility index (Phi) is 5.65. The van der Waals surface area contributed by atoms with E-state index in [9.17, 15) is 5.11 Å². The minimum atomic E-state index is -0.583. The van der Waals surface area contributed by atoms with Crippen LogP contribution < -0.4 is 9.47 Å². The minimum absolute atomic E-state index is 0.583. The molecule has 0 heterocycles. The van der Waals surface area contributed by atoms with Gasteiger partial charge in [-0.2, -0.15) is 0 Å². The van der Waals surface area contributed by atoms with Crippen molar-refractivity contribution in [2.45, 2.75) is 26.4 Å². The Labute approximate surface area is 133 Å². The Bertz CT molecular complexity index is 579. The first-order valence-corrected chi connectivity index (χ1v) is 7.77. The molecule has 0 saturated heterocycles. The lowest BCUT2D eigenvalue weighted by molar-refractivity contribution is 0.195. The van der Waals surface area contributed by atoms with Crippen LogP contribution in [0.1, 0.15) is 31.9 Å². The molecule has 2 rings (SSSR count). The number of rotatable bonds is 6. The zero-order valence-electron chi connectivity index (χ0n) is 12.2. The molecular weight excluding hydrogens is 332 g/mol. The molecule has 0 aliphatic heterocycles. The highest BCUT2D eigenvalue weighted by Crippen LogP contribution is 2.32. The van der Waals surface area contributed by atoms with Gasteiger partial charge in [0.05, 0.1) is 12.7 Å². The summed E-state index contributed by atoms with van der Waals surface area (Å²) in [6.07, 6.45) is 0.397. The van der Waals surface area contributed by atoms with Gasteiger partial charge >= 0.3 is 0 Å². The van der Waals surface area contributed by atoms with Gasteiger partial charge in [-0.15, -0.1) is 0 Å². The van der Waals surface area contributed by atoms with Crippen LogP contribution in [0.2, 0.25) is 0 Å². The topological polar surface area (TPSA) is 38.7 Å². The Morgan fingerprint density at radius 2 is 1.76 bits per heavy atom. The predicted molar refractivity (Wildman–Crippen MR) is 87.1 cm³/mol. The average Bonchev–Trinajstić information content (AvgIpc) is 2.46. The summed E-state index contributed by atoms with van der Waals surface area (Å²) in [5, 5.41) is 9.80. The molecule has 0 radical (unpaired) electrons. The highest BCUT2D eigenvalue weighted by Gasteiger charge is 2.10. The molecule has 0 spiro atoms. The molecule has 1 unspecified atom stereocenters. The summed E-state index contributed by atoms with van der Waals surface area (Å²) >= 11 is 3.42. The molecule has 0 amide bonds. The van der Waals surface area contributed by atoms with Crippen LogP contribution in [0, 0.1) is 0 Å². The minimum Gasteiger partial charge on any atom is -0.494 e. The van der Waals surface area contributed by atoms with Crippen molar-refractivity contribution in [2.75, 3.05) is 6.61 Å². The Balaban J connectivity index is 2.16. The van der Waals surface area contributed by atoms with Crippen molar-refractivity contribution < 1.29 is 14.6 Å². The van der Waals surface area contributed by atoms with Gasteiger partial charge in [-0.25, -0.2) is 0 Å². The zero-order valence-corrected chi connectivity index (χ0v) is 13.8. The van der Waals surface area contributed by atoms with Crippen molar-refractivity contribution in [1.29, 1.82) is 0 Å². The molecular formula is C17H19BrO3. The van der Waals surface area contributed by atoms with E-state index in [-0.39, 0.29) is 0 Å². The first-order chi connectivity index (χ1) is 10.1. The second kappa shape index (κ2) is 7.48. The molecule has 0 bridgehead atoms. The fourth-order valence-electron chi connectivity index (χ4n) is 1.89. The summed E-state index contributed by atoms with van der Waals surface area (Å²) < 4.78 is 12.3. The molecule has 0 aliphatic carbocycles. The maximum absolute atomic E-state index is 9.80. The normalized spacial score (nSPS) is 12.0. The van der Waals surface area contributed by atoms with Gasteiger partial charge < -0.3 is 14.6 Å². The van der Waals surface area contributed by atoms with Crippen molar-refractivity contribution >= 4 is 15.9 Å². The molecule has 0 saturated carbocycles. The van der Waals surface area contributed by atoms with Crippen molar-refractivity contribution in [3.8, 4) is 17.2 Å². The summed E-state index contributed by atoms with van der Waals surface area (Å²) in [7, 11) is 0. The van der Waals surface area contributed by atoms with Crippen LogP contribution in [-0.4, -0.2) is 11.7 Å². The molecule has 0 aliphatic rings. The van der Waals surface area contributed by atoms with Crippen molar-refractivity contribution in [2.24, 2.45) is 0 Å². The molecule has 0 aromatic heterocycles. The van der Waals surface area contributed by atoms with E-state index in [1.54, 1.807) is 6.92 Å². The van der Waals surface area contributed by atoms with Gasteiger partial charge in [0.2, 0.25) is 0 Å². The van der Waals surface area contributed by atoms with E-state index in [1.807, 2.05) is 42.5 Å². The lowest BCUT2D eigenvalue weighted by atomic mass is 10.1. The van der Waals surface area contributed by atoms with E-state index >= 15 is 0 Å². The predicted octanol–water partition coefficient (Wildman–Crippen LogP) is 5.08. The van der Waals surface area contributed by atoms with Crippen LogP contribution in [0.4, 0.5) is 0 Å². The third-order valence-corrected chi connectivity index (χ3v) is 3.44. The first kappa shape index (κ1) is 15.9. The average molecular weight is 351 g/mol. The fraction of sp³-hybridized carbons (Fsp3) is 0.294. The Morgan fingerprint density at radius 3 is 2.38 bits per heavy atom. The van der Waals surface area contributed by atoms with Crippen LogP contribution >= 0.6 is 15.9 Å². The maximum atomic E-state index is 9.80. The number of benzene rings is 2. The smallest absolute Gasteiger partial charge is 0.134 e. The molecule has 0 fully saturated rings. The van der Waals surface area contributed by atoms with E-state index in [1.165, 1.54) is 0 Å². The van der Waals surface area contributed by atoms with Gasteiger partial charge in [-0.1, -0.05) is 28.9 Å². The van der Waals surface area contributed by atoms with Crippen molar-refractivity contribution in [1.82, 2.24) is 0 Å². The van der Waals surface area contributed by atoms with Crippen molar-refractivity contribution in [3.63, 3.8) is 0 Å². The first-order valence-electron chi connectivity index (χ1n) is 6.98. The summed E-state index contributed by atoms with van der Waals surface area (Å²) in [4.78, 5) is 0. The lowest BCUT2D eigenvalue weighted by Gasteiger charge is -2.14. The van der Waals surface area contributed by atoms with Gasteiger partial charge in [0, 0.05) is 10.0 Å². The van der Waals surface area contributed by atoms with Crippen LogP contribution in [0.5, 0.6) is 17.2 Å². The number of hydrogen-bond acceptors (Lipinski definition) is 3. The SMILES string of the molecule is CCCOc1ccc(Oc2cc(Br)ccc2C(C)O)cc1. The van der Waals surface area contributed by atoms with E-state index < -0.39 is 6.10 Å². The highest BCUT2D eigenvalue weighted by molar-refractivity contribution is 9.10. The second-order valence-electron chi connectivity index (χ2n) is 4.78. The molecule has 2 aromatic carbocycles. The number of hydrogen-bond donors (Lipinski definition) is 1. The van der Waals surface area contributed by atoms with E-state index in [2.05, 4.69) is 22.9 Å². The van der Waals surface area contributed by atoms with Gasteiger partial charge in [-0.3, -0.25) is 0 Å². The van der Waals surface area contributed by atoms with E-state index in [0.717, 1.165) is 22.2 Å². The number of halogens is 1. The van der Waals surface area contributed by atoms with Crippen LogP contribution in [0.25, 0.3) is 0 Å². The Hall–Kier alpha value is -1.52. The molecule has 4 heteroatoms. The quantitative estimate of drug-likeness (QED) is 0.788. The maximum Gasteiger partial charge on any atom is 0.134 e. The number of aliphatic hydroxyl groups excluding tert-OH is 1. The summed E-state index contributed by atoms with van der Waals surface area (Å²) in [6, 6.07) is 13.1. The Morgan fingerprint density at radius 1 is 1.10 bits per heavy atom. The molecule has 3 nitrogen and oxygen atoms in total. The van der Waals surface area contributed by atoms with Crippen LogP contribution in [0.15, 0.2) is 46.9 Å². The van der Waals surface area contributed by atoms with Crippen LogP contribution in [0.3, 0.4) is 0 Å².